The van der Waals surface area contributed by atoms with Crippen LogP contribution in [0.2, 0.25) is 0 Å². The highest BCUT2D eigenvalue weighted by Gasteiger charge is 2.24. The lowest BCUT2D eigenvalue weighted by Gasteiger charge is -2.18. The molecule has 0 spiro atoms. The molecule has 2 atom stereocenters. The fourth-order valence-corrected chi connectivity index (χ4v) is 2.29. The van der Waals surface area contributed by atoms with Gasteiger partial charge in [-0.1, -0.05) is 60.7 Å². The molecule has 0 unspecified atom stereocenters. The van der Waals surface area contributed by atoms with Gasteiger partial charge in [-0.25, -0.2) is 0 Å². The number of carbonyl (C=O) groups excluding carboxylic acids is 1. The maximum Gasteiger partial charge on any atom is 0.311 e. The molecule has 2 aromatic rings. The lowest BCUT2D eigenvalue weighted by Crippen LogP contribution is -2.22. The van der Waals surface area contributed by atoms with Crippen molar-refractivity contribution in [1.82, 2.24) is 0 Å². The molecule has 1 N–H and O–H groups in total. The van der Waals surface area contributed by atoms with E-state index >= 15 is 0 Å². The van der Waals surface area contributed by atoms with Crippen molar-refractivity contribution in [2.45, 2.75) is 25.9 Å². The maximum atomic E-state index is 12.0. The first kappa shape index (κ1) is 16.2. The third-order valence-corrected chi connectivity index (χ3v) is 3.68. The van der Waals surface area contributed by atoms with Gasteiger partial charge < -0.3 is 9.84 Å². The highest BCUT2D eigenvalue weighted by molar-refractivity contribution is 5.73. The summed E-state index contributed by atoms with van der Waals surface area (Å²) in [4.78, 5) is 12.0. The normalized spacial score (nSPS) is 13.4. The van der Waals surface area contributed by atoms with Crippen LogP contribution in [0, 0.1) is 5.92 Å². The molecule has 0 saturated heterocycles. The summed E-state index contributed by atoms with van der Waals surface area (Å²) in [7, 11) is 0. The average molecular weight is 298 g/mol. The Morgan fingerprint density at radius 1 is 1.05 bits per heavy atom. The van der Waals surface area contributed by atoms with Crippen LogP contribution in [-0.4, -0.2) is 17.7 Å². The molecule has 0 aliphatic rings. The van der Waals surface area contributed by atoms with Gasteiger partial charge in [-0.3, -0.25) is 4.79 Å². The lowest BCUT2D eigenvalue weighted by atomic mass is 9.98. The van der Waals surface area contributed by atoms with E-state index in [4.69, 9.17) is 4.74 Å². The van der Waals surface area contributed by atoms with Gasteiger partial charge in [0.2, 0.25) is 0 Å². The highest BCUT2D eigenvalue weighted by atomic mass is 16.5. The van der Waals surface area contributed by atoms with E-state index in [-0.39, 0.29) is 5.97 Å². The Morgan fingerprint density at radius 2 is 1.64 bits per heavy atom. The van der Waals surface area contributed by atoms with Crippen LogP contribution in [0.1, 0.15) is 30.6 Å². The van der Waals surface area contributed by atoms with E-state index in [1.165, 1.54) is 5.56 Å². The summed E-state index contributed by atoms with van der Waals surface area (Å²) < 4.78 is 5.27. The van der Waals surface area contributed by atoms with E-state index in [0.717, 1.165) is 18.4 Å². The smallest absolute Gasteiger partial charge is 0.311 e. The first-order chi connectivity index (χ1) is 10.7. The number of ether oxygens (including phenoxy) is 1. The van der Waals surface area contributed by atoms with Gasteiger partial charge in [0.15, 0.2) is 0 Å². The van der Waals surface area contributed by atoms with Gasteiger partial charge in [0.05, 0.1) is 18.6 Å². The zero-order valence-electron chi connectivity index (χ0n) is 12.8. The zero-order valence-corrected chi connectivity index (χ0v) is 12.8. The summed E-state index contributed by atoms with van der Waals surface area (Å²) in [5.41, 5.74) is 1.96. The minimum absolute atomic E-state index is 0.357. The second-order valence-electron chi connectivity index (χ2n) is 5.40. The Bertz CT molecular complexity index is 566. The topological polar surface area (TPSA) is 46.5 Å². The molecule has 0 bridgehead atoms. The van der Waals surface area contributed by atoms with Crippen molar-refractivity contribution >= 4 is 5.97 Å². The van der Waals surface area contributed by atoms with E-state index in [9.17, 15) is 9.90 Å². The van der Waals surface area contributed by atoms with Gasteiger partial charge in [-0.15, -0.1) is 0 Å². The first-order valence-electron chi connectivity index (χ1n) is 7.62. The molecule has 2 aromatic carbocycles. The van der Waals surface area contributed by atoms with E-state index in [1.54, 1.807) is 6.92 Å². The fraction of sp³-hybridized carbons (Fsp3) is 0.316. The van der Waals surface area contributed by atoms with Crippen LogP contribution >= 0.6 is 0 Å². The fourth-order valence-electron chi connectivity index (χ4n) is 2.29. The molecule has 0 aliphatic heterocycles. The number of hydrogen-bond donors (Lipinski definition) is 1. The summed E-state index contributed by atoms with van der Waals surface area (Å²) in [5.74, 6) is -0.927. The number of rotatable bonds is 7. The molecule has 0 heterocycles. The number of hydrogen-bond acceptors (Lipinski definition) is 3. The second kappa shape index (κ2) is 8.35. The Hall–Kier alpha value is -2.13. The van der Waals surface area contributed by atoms with Crippen LogP contribution in [-0.2, 0) is 16.0 Å². The quantitative estimate of drug-likeness (QED) is 0.628. The van der Waals surface area contributed by atoms with Gasteiger partial charge >= 0.3 is 5.97 Å². The summed E-state index contributed by atoms with van der Waals surface area (Å²) in [6.45, 7) is 2.07. The van der Waals surface area contributed by atoms with Crippen LogP contribution in [0.15, 0.2) is 60.7 Å². The molecule has 0 fully saturated rings. The second-order valence-corrected chi connectivity index (χ2v) is 5.40. The summed E-state index contributed by atoms with van der Waals surface area (Å²) >= 11 is 0. The van der Waals surface area contributed by atoms with Crippen LogP contribution in [0.4, 0.5) is 0 Å². The van der Waals surface area contributed by atoms with Crippen LogP contribution < -0.4 is 0 Å². The Kier molecular flexibility index (Phi) is 6.16. The number of benzene rings is 2. The van der Waals surface area contributed by atoms with Crippen LogP contribution in [0.25, 0.3) is 0 Å². The Morgan fingerprint density at radius 3 is 2.27 bits per heavy atom. The molecular weight excluding hydrogens is 276 g/mol. The number of aliphatic hydroxyl groups excluding tert-OH is 1. The highest BCUT2D eigenvalue weighted by Crippen LogP contribution is 2.22. The molecule has 0 amide bonds. The predicted octanol–water partition coefficient (Wildman–Crippen LogP) is 3.53. The molecule has 0 aromatic heterocycles. The summed E-state index contributed by atoms with van der Waals surface area (Å²) in [6.07, 6.45) is 0.830. The van der Waals surface area contributed by atoms with E-state index in [0.29, 0.717) is 6.61 Å². The molecule has 116 valence electrons. The summed E-state index contributed by atoms with van der Waals surface area (Å²) in [5, 5.41) is 10.2. The third-order valence-electron chi connectivity index (χ3n) is 3.68. The minimum atomic E-state index is -0.831. The van der Waals surface area contributed by atoms with Crippen molar-refractivity contribution in [2.75, 3.05) is 6.61 Å². The van der Waals surface area contributed by atoms with Crippen molar-refractivity contribution < 1.29 is 14.6 Å². The van der Waals surface area contributed by atoms with E-state index in [1.807, 2.05) is 48.5 Å². The molecule has 0 radical (unpaired) electrons. The standard InChI is InChI=1S/C19H22O3/c1-15(18(20)17-12-6-3-7-13-17)19(21)22-14-8-11-16-9-4-2-5-10-16/h2-7,9-10,12-13,15,18,20H,8,11,14H2,1H3/t15-,18+/m1/s1. The molecule has 3 heteroatoms. The minimum Gasteiger partial charge on any atom is -0.465 e. The molecule has 22 heavy (non-hydrogen) atoms. The number of aliphatic hydroxyl groups is 1. The SMILES string of the molecule is C[C@@H](C(=O)OCCCc1ccccc1)[C@H](O)c1ccccc1. The van der Waals surface area contributed by atoms with Crippen molar-refractivity contribution in [3.63, 3.8) is 0 Å². The van der Waals surface area contributed by atoms with Crippen LogP contribution in [0.5, 0.6) is 0 Å². The van der Waals surface area contributed by atoms with Gasteiger partial charge in [-0.05, 0) is 30.9 Å². The molecule has 3 nitrogen and oxygen atoms in total. The number of aryl methyl sites for hydroxylation is 1. The lowest BCUT2D eigenvalue weighted by molar-refractivity contribution is -0.152. The predicted molar refractivity (Wildman–Crippen MR) is 86.3 cm³/mol. The first-order valence-corrected chi connectivity index (χ1v) is 7.62. The maximum absolute atomic E-state index is 12.0. The number of carbonyl (C=O) groups is 1. The van der Waals surface area contributed by atoms with Crippen molar-refractivity contribution in [3.8, 4) is 0 Å². The van der Waals surface area contributed by atoms with Gasteiger partial charge in [0, 0.05) is 0 Å². The monoisotopic (exact) mass is 298 g/mol. The van der Waals surface area contributed by atoms with Crippen molar-refractivity contribution in [2.24, 2.45) is 5.92 Å². The van der Waals surface area contributed by atoms with Gasteiger partial charge in [0.1, 0.15) is 0 Å². The van der Waals surface area contributed by atoms with Gasteiger partial charge in [-0.2, -0.15) is 0 Å². The van der Waals surface area contributed by atoms with Gasteiger partial charge in [0.25, 0.3) is 0 Å². The van der Waals surface area contributed by atoms with E-state index < -0.39 is 12.0 Å². The van der Waals surface area contributed by atoms with Crippen molar-refractivity contribution in [1.29, 1.82) is 0 Å². The Balaban J connectivity index is 1.75. The Labute approximate surface area is 131 Å². The van der Waals surface area contributed by atoms with Crippen molar-refractivity contribution in [3.05, 3.63) is 71.8 Å². The third kappa shape index (κ3) is 4.71. The zero-order chi connectivity index (χ0) is 15.8. The number of esters is 1. The molecular formula is C19H22O3. The average Bonchev–Trinajstić information content (AvgIpc) is 2.59. The molecule has 0 saturated carbocycles. The largest absolute Gasteiger partial charge is 0.465 e. The molecule has 2 rings (SSSR count). The van der Waals surface area contributed by atoms with Crippen LogP contribution in [0.3, 0.4) is 0 Å². The summed E-state index contributed by atoms with van der Waals surface area (Å²) in [6, 6.07) is 19.3. The van der Waals surface area contributed by atoms with E-state index in [2.05, 4.69) is 12.1 Å². The molecule has 0 aliphatic carbocycles.